The number of hydrogen-bond acceptors (Lipinski definition) is 7. The van der Waals surface area contributed by atoms with Crippen molar-refractivity contribution >= 4 is 45.6 Å². The number of benzene rings is 2. The van der Waals surface area contributed by atoms with Crippen molar-refractivity contribution in [2.45, 2.75) is 12.5 Å². The van der Waals surface area contributed by atoms with Gasteiger partial charge >= 0.3 is 5.97 Å². The van der Waals surface area contributed by atoms with Gasteiger partial charge in [0.05, 0.1) is 10.6 Å². The number of rotatable bonds is 9. The Morgan fingerprint density at radius 2 is 1.65 bits per heavy atom. The van der Waals surface area contributed by atoms with E-state index in [4.69, 9.17) is 4.74 Å². The largest absolute Gasteiger partial charge is 0.454 e. The molecule has 2 N–H and O–H groups in total. The van der Waals surface area contributed by atoms with Gasteiger partial charge < -0.3 is 10.1 Å². The van der Waals surface area contributed by atoms with Gasteiger partial charge in [-0.15, -0.1) is 22.7 Å². The third-order valence-corrected chi connectivity index (χ3v) is 6.41. The number of aromatic nitrogens is 1. The van der Waals surface area contributed by atoms with Crippen LogP contribution in [-0.2, 0) is 20.7 Å². The summed E-state index contributed by atoms with van der Waals surface area (Å²) in [5.74, 6) is -1.56. The first-order chi connectivity index (χ1) is 16.6. The Morgan fingerprint density at radius 1 is 0.912 bits per heavy atom. The van der Waals surface area contributed by atoms with Gasteiger partial charge in [-0.3, -0.25) is 14.9 Å². The van der Waals surface area contributed by atoms with Gasteiger partial charge in [-0.05, 0) is 17.0 Å². The standard InChI is InChI=1S/C25H21N3O4S2/c29-22(28-25-27-20(16-34-25)18-10-5-2-6-11-18)15-32-24(31)19(14-17-8-3-1-4-9-17)26-23(30)21-12-7-13-33-21/h1-13,16,19H,14-15H2,(H,26,30)(H,27,28,29). The summed E-state index contributed by atoms with van der Waals surface area (Å²) in [5, 5.41) is 9.39. The van der Waals surface area contributed by atoms with Crippen molar-refractivity contribution in [1.82, 2.24) is 10.3 Å². The highest BCUT2D eigenvalue weighted by Gasteiger charge is 2.24. The summed E-state index contributed by atoms with van der Waals surface area (Å²) in [6.45, 7) is -0.487. The number of carbonyl (C=O) groups is 3. The fraction of sp³-hybridized carbons (Fsp3) is 0.120. The van der Waals surface area contributed by atoms with Crippen LogP contribution in [0.4, 0.5) is 5.13 Å². The van der Waals surface area contributed by atoms with Crippen molar-refractivity contribution in [3.8, 4) is 11.3 Å². The van der Waals surface area contributed by atoms with Crippen LogP contribution in [0.15, 0.2) is 83.6 Å². The fourth-order valence-corrected chi connectivity index (χ4v) is 4.51. The minimum atomic E-state index is -0.936. The molecule has 0 bridgehead atoms. The number of carbonyl (C=O) groups excluding carboxylic acids is 3. The second kappa shape index (κ2) is 11.4. The number of hydrogen-bond donors (Lipinski definition) is 2. The van der Waals surface area contributed by atoms with Gasteiger partial charge in [0.1, 0.15) is 6.04 Å². The van der Waals surface area contributed by atoms with Crippen molar-refractivity contribution in [2.24, 2.45) is 0 Å². The average Bonchev–Trinajstić information content (AvgIpc) is 3.56. The SMILES string of the molecule is O=C(COC(=O)C(Cc1ccccc1)NC(=O)c1cccs1)Nc1nc(-c2ccccc2)cs1. The van der Waals surface area contributed by atoms with Crippen LogP contribution in [0.25, 0.3) is 11.3 Å². The van der Waals surface area contributed by atoms with Crippen molar-refractivity contribution in [2.75, 3.05) is 11.9 Å². The first kappa shape index (κ1) is 23.3. The van der Waals surface area contributed by atoms with Crippen molar-refractivity contribution < 1.29 is 19.1 Å². The van der Waals surface area contributed by atoms with E-state index in [0.717, 1.165) is 16.8 Å². The zero-order valence-corrected chi connectivity index (χ0v) is 19.6. The molecule has 1 atom stereocenters. The van der Waals surface area contributed by atoms with Gasteiger partial charge in [0.2, 0.25) is 0 Å². The molecule has 4 rings (SSSR count). The lowest BCUT2D eigenvalue weighted by atomic mass is 10.1. The number of thiophene rings is 1. The van der Waals surface area contributed by atoms with Gasteiger partial charge in [0, 0.05) is 17.4 Å². The molecule has 0 fully saturated rings. The Balaban J connectivity index is 1.35. The van der Waals surface area contributed by atoms with Crippen LogP contribution in [0.2, 0.25) is 0 Å². The molecule has 1 unspecified atom stereocenters. The number of anilines is 1. The number of nitrogens with one attached hydrogen (secondary N) is 2. The van der Waals surface area contributed by atoms with Gasteiger partial charge in [0.15, 0.2) is 11.7 Å². The highest BCUT2D eigenvalue weighted by Crippen LogP contribution is 2.24. The van der Waals surface area contributed by atoms with Crippen LogP contribution in [0.1, 0.15) is 15.2 Å². The highest BCUT2D eigenvalue weighted by atomic mass is 32.1. The summed E-state index contributed by atoms with van der Waals surface area (Å²) in [7, 11) is 0. The van der Waals surface area contributed by atoms with Gasteiger partial charge in [0.25, 0.3) is 11.8 Å². The van der Waals surface area contributed by atoms with Crippen LogP contribution in [-0.4, -0.2) is 35.4 Å². The second-order valence-electron chi connectivity index (χ2n) is 7.25. The maximum atomic E-state index is 12.8. The van der Waals surface area contributed by atoms with E-state index in [1.54, 1.807) is 17.5 Å². The smallest absolute Gasteiger partial charge is 0.329 e. The lowest BCUT2D eigenvalue weighted by Gasteiger charge is -2.17. The molecule has 2 aromatic heterocycles. The predicted octanol–water partition coefficient (Wildman–Crippen LogP) is 4.39. The summed E-state index contributed by atoms with van der Waals surface area (Å²) in [6, 6.07) is 21.4. The van der Waals surface area contributed by atoms with Crippen molar-refractivity contribution in [3.05, 3.63) is 94.0 Å². The number of amides is 2. The molecule has 0 saturated carbocycles. The molecule has 172 valence electrons. The molecular weight excluding hydrogens is 470 g/mol. The van der Waals surface area contributed by atoms with Crippen LogP contribution in [0, 0.1) is 0 Å². The number of nitrogens with zero attached hydrogens (tertiary/aromatic N) is 1. The summed E-state index contributed by atoms with van der Waals surface area (Å²) in [6.07, 6.45) is 0.241. The third-order valence-electron chi connectivity index (χ3n) is 4.78. The molecule has 4 aromatic rings. The van der Waals surface area contributed by atoms with E-state index < -0.39 is 24.5 Å². The van der Waals surface area contributed by atoms with E-state index in [1.807, 2.05) is 66.0 Å². The summed E-state index contributed by atoms with van der Waals surface area (Å²) in [5.41, 5.74) is 2.55. The predicted molar refractivity (Wildman–Crippen MR) is 133 cm³/mol. The molecule has 0 aliphatic carbocycles. The van der Waals surface area contributed by atoms with Gasteiger partial charge in [-0.25, -0.2) is 9.78 Å². The molecule has 0 aliphatic heterocycles. The van der Waals surface area contributed by atoms with Gasteiger partial charge in [-0.1, -0.05) is 66.7 Å². The van der Waals surface area contributed by atoms with E-state index in [2.05, 4.69) is 15.6 Å². The first-order valence-electron chi connectivity index (χ1n) is 10.4. The average molecular weight is 492 g/mol. The first-order valence-corrected chi connectivity index (χ1v) is 12.2. The summed E-state index contributed by atoms with van der Waals surface area (Å²) < 4.78 is 5.23. The number of esters is 1. The van der Waals surface area contributed by atoms with E-state index in [1.165, 1.54) is 22.7 Å². The molecule has 2 amide bonds. The third kappa shape index (κ3) is 6.37. The topological polar surface area (TPSA) is 97.4 Å². The minimum absolute atomic E-state index is 0.241. The van der Waals surface area contributed by atoms with Crippen molar-refractivity contribution in [3.63, 3.8) is 0 Å². The number of ether oxygens (including phenoxy) is 1. The van der Waals surface area contributed by atoms with Gasteiger partial charge in [-0.2, -0.15) is 0 Å². The Labute approximate surface area is 204 Å². The lowest BCUT2D eigenvalue weighted by molar-refractivity contribution is -0.149. The minimum Gasteiger partial charge on any atom is -0.454 e. The Kier molecular flexibility index (Phi) is 7.79. The molecule has 0 spiro atoms. The normalized spacial score (nSPS) is 11.4. The molecule has 7 nitrogen and oxygen atoms in total. The molecule has 9 heteroatoms. The van der Waals surface area contributed by atoms with Crippen molar-refractivity contribution in [1.29, 1.82) is 0 Å². The van der Waals surface area contributed by atoms with E-state index >= 15 is 0 Å². The maximum absolute atomic E-state index is 12.8. The second-order valence-corrected chi connectivity index (χ2v) is 9.06. The quantitative estimate of drug-likeness (QED) is 0.339. The van der Waals surface area contributed by atoms with E-state index in [0.29, 0.717) is 10.0 Å². The lowest BCUT2D eigenvalue weighted by Crippen LogP contribution is -2.43. The monoisotopic (exact) mass is 491 g/mol. The van der Waals surface area contributed by atoms with Crippen LogP contribution in [0.5, 0.6) is 0 Å². The Hall–Kier alpha value is -3.82. The van der Waals surface area contributed by atoms with Crippen LogP contribution < -0.4 is 10.6 Å². The zero-order valence-electron chi connectivity index (χ0n) is 18.0. The molecular formula is C25H21N3O4S2. The summed E-state index contributed by atoms with van der Waals surface area (Å²) >= 11 is 2.56. The molecule has 0 saturated heterocycles. The number of thiazole rings is 1. The zero-order chi connectivity index (χ0) is 23.8. The maximum Gasteiger partial charge on any atom is 0.329 e. The summed E-state index contributed by atoms with van der Waals surface area (Å²) in [4.78, 5) is 42.5. The molecule has 2 aromatic carbocycles. The fourth-order valence-electron chi connectivity index (χ4n) is 3.15. The molecule has 0 aliphatic rings. The molecule has 0 radical (unpaired) electrons. The molecule has 34 heavy (non-hydrogen) atoms. The van der Waals surface area contributed by atoms with Crippen LogP contribution >= 0.6 is 22.7 Å². The van der Waals surface area contributed by atoms with Crippen LogP contribution in [0.3, 0.4) is 0 Å². The van der Waals surface area contributed by atoms with E-state index in [-0.39, 0.29) is 12.3 Å². The Morgan fingerprint density at radius 3 is 2.35 bits per heavy atom. The Bertz CT molecular complexity index is 1240. The molecule has 2 heterocycles. The highest BCUT2D eigenvalue weighted by molar-refractivity contribution is 7.14. The van der Waals surface area contributed by atoms with E-state index in [9.17, 15) is 14.4 Å².